The number of carbonyl (C=O) groups is 2. The van der Waals surface area contributed by atoms with Gasteiger partial charge in [0.05, 0.1) is 12.1 Å². The van der Waals surface area contributed by atoms with Gasteiger partial charge >= 0.3 is 0 Å². The first-order valence-electron chi connectivity index (χ1n) is 7.33. The highest BCUT2D eigenvalue weighted by atomic mass is 32.1. The van der Waals surface area contributed by atoms with Gasteiger partial charge in [-0.2, -0.15) is 0 Å². The van der Waals surface area contributed by atoms with E-state index in [-0.39, 0.29) is 12.3 Å². The van der Waals surface area contributed by atoms with Crippen molar-refractivity contribution >= 4 is 34.4 Å². The monoisotopic (exact) mass is 331 g/mol. The summed E-state index contributed by atoms with van der Waals surface area (Å²) in [6, 6.07) is 3.82. The fourth-order valence-electron chi connectivity index (χ4n) is 2.30. The molecule has 2 amide bonds. The zero-order chi connectivity index (χ0) is 16.4. The SMILES string of the molecule is C[C@@H]1C[C@@H]1c1ccc(/C=C/C(=O)Nc2nc(CC(N)=O)cs2)o1. The summed E-state index contributed by atoms with van der Waals surface area (Å²) in [5.41, 5.74) is 5.65. The zero-order valence-corrected chi connectivity index (χ0v) is 13.4. The highest BCUT2D eigenvalue weighted by molar-refractivity contribution is 7.14. The molecule has 1 aliphatic rings. The van der Waals surface area contributed by atoms with Crippen molar-refractivity contribution in [3.8, 4) is 0 Å². The lowest BCUT2D eigenvalue weighted by atomic mass is 10.3. The minimum absolute atomic E-state index is 0.0664. The number of nitrogens with one attached hydrogen (secondary N) is 1. The lowest BCUT2D eigenvalue weighted by Gasteiger charge is -1.95. The number of thiazole rings is 1. The molecule has 1 aliphatic carbocycles. The molecule has 7 heteroatoms. The summed E-state index contributed by atoms with van der Waals surface area (Å²) in [4.78, 5) is 26.8. The van der Waals surface area contributed by atoms with Gasteiger partial charge in [-0.15, -0.1) is 11.3 Å². The summed E-state index contributed by atoms with van der Waals surface area (Å²) in [7, 11) is 0. The number of nitrogens with two attached hydrogens (primary N) is 1. The van der Waals surface area contributed by atoms with Crippen molar-refractivity contribution in [1.82, 2.24) is 4.98 Å². The third kappa shape index (κ3) is 4.07. The van der Waals surface area contributed by atoms with Crippen LogP contribution in [0.2, 0.25) is 0 Å². The normalized spacial score (nSPS) is 19.9. The van der Waals surface area contributed by atoms with Crippen LogP contribution in [0.5, 0.6) is 0 Å². The van der Waals surface area contributed by atoms with Crippen LogP contribution < -0.4 is 11.1 Å². The Bertz CT molecular complexity index is 762. The molecule has 120 valence electrons. The molecular formula is C16H17N3O3S. The number of amides is 2. The van der Waals surface area contributed by atoms with Crippen LogP contribution in [0, 0.1) is 5.92 Å². The summed E-state index contributed by atoms with van der Waals surface area (Å²) < 4.78 is 5.70. The van der Waals surface area contributed by atoms with Gasteiger partial charge in [-0.1, -0.05) is 6.92 Å². The number of rotatable bonds is 6. The Morgan fingerprint density at radius 2 is 2.30 bits per heavy atom. The topological polar surface area (TPSA) is 98.2 Å². The molecule has 23 heavy (non-hydrogen) atoms. The first kappa shape index (κ1) is 15.5. The molecule has 0 aliphatic heterocycles. The third-order valence-corrected chi connectivity index (χ3v) is 4.47. The number of anilines is 1. The number of aromatic nitrogens is 1. The average Bonchev–Trinajstić information content (AvgIpc) is 2.90. The summed E-state index contributed by atoms with van der Waals surface area (Å²) in [5, 5.41) is 4.77. The van der Waals surface area contributed by atoms with Crippen LogP contribution in [0.15, 0.2) is 28.0 Å². The maximum absolute atomic E-state index is 11.9. The number of primary amides is 1. The molecule has 2 aromatic heterocycles. The molecule has 0 aromatic carbocycles. The Morgan fingerprint density at radius 3 is 3.00 bits per heavy atom. The molecule has 3 rings (SSSR count). The Kier molecular flexibility index (Phi) is 4.29. The molecular weight excluding hydrogens is 314 g/mol. The minimum Gasteiger partial charge on any atom is -0.461 e. The van der Waals surface area contributed by atoms with E-state index in [9.17, 15) is 9.59 Å². The van der Waals surface area contributed by atoms with Crippen molar-refractivity contribution < 1.29 is 14.0 Å². The van der Waals surface area contributed by atoms with Gasteiger partial charge in [0, 0.05) is 17.4 Å². The van der Waals surface area contributed by atoms with Gasteiger partial charge in [-0.3, -0.25) is 14.9 Å². The Labute approximate surface area is 137 Å². The van der Waals surface area contributed by atoms with E-state index < -0.39 is 5.91 Å². The number of nitrogens with zero attached hydrogens (tertiary/aromatic N) is 1. The molecule has 0 radical (unpaired) electrons. The largest absolute Gasteiger partial charge is 0.461 e. The van der Waals surface area contributed by atoms with Crippen molar-refractivity contribution in [3.63, 3.8) is 0 Å². The van der Waals surface area contributed by atoms with Crippen LogP contribution in [0.1, 0.15) is 36.5 Å². The number of hydrogen-bond acceptors (Lipinski definition) is 5. The van der Waals surface area contributed by atoms with Crippen molar-refractivity contribution in [3.05, 3.63) is 40.8 Å². The Balaban J connectivity index is 1.55. The molecule has 2 heterocycles. The first-order valence-corrected chi connectivity index (χ1v) is 8.20. The van der Waals surface area contributed by atoms with Gasteiger partial charge in [0.1, 0.15) is 11.5 Å². The highest BCUT2D eigenvalue weighted by Crippen LogP contribution is 2.47. The van der Waals surface area contributed by atoms with Crippen LogP contribution in [0.25, 0.3) is 6.08 Å². The van der Waals surface area contributed by atoms with Gasteiger partial charge in [-0.05, 0) is 30.5 Å². The molecule has 1 saturated carbocycles. The molecule has 2 atom stereocenters. The smallest absolute Gasteiger partial charge is 0.250 e. The summed E-state index contributed by atoms with van der Waals surface area (Å²) in [5.74, 6) is 2.08. The molecule has 2 aromatic rings. The number of hydrogen-bond donors (Lipinski definition) is 2. The number of carbonyl (C=O) groups excluding carboxylic acids is 2. The standard InChI is InChI=1S/C16H17N3O3S/c1-9-6-12(9)13-4-2-11(22-13)3-5-15(21)19-16-18-10(8-23-16)7-14(17)20/h2-5,8-9,12H,6-7H2,1H3,(H2,17,20)(H,18,19,21)/b5-3+/t9-,12+/m1/s1. The van der Waals surface area contributed by atoms with Crippen molar-refractivity contribution in [2.75, 3.05) is 5.32 Å². The molecule has 1 fully saturated rings. The van der Waals surface area contributed by atoms with E-state index in [2.05, 4.69) is 17.2 Å². The minimum atomic E-state index is -0.452. The van der Waals surface area contributed by atoms with E-state index in [1.54, 1.807) is 11.5 Å². The summed E-state index contributed by atoms with van der Waals surface area (Å²) in [6.45, 7) is 2.19. The van der Waals surface area contributed by atoms with Crippen molar-refractivity contribution in [2.24, 2.45) is 11.7 Å². The molecule has 0 spiro atoms. The van der Waals surface area contributed by atoms with E-state index in [0.717, 1.165) is 12.2 Å². The molecule has 0 unspecified atom stereocenters. The lowest BCUT2D eigenvalue weighted by Crippen LogP contribution is -2.14. The second-order valence-electron chi connectivity index (χ2n) is 5.67. The van der Waals surface area contributed by atoms with Gasteiger partial charge in [0.15, 0.2) is 5.13 Å². The predicted octanol–water partition coefficient (Wildman–Crippen LogP) is 2.54. The van der Waals surface area contributed by atoms with E-state index in [4.69, 9.17) is 10.2 Å². The van der Waals surface area contributed by atoms with E-state index in [1.807, 2.05) is 12.1 Å². The van der Waals surface area contributed by atoms with Gasteiger partial charge < -0.3 is 10.2 Å². The zero-order valence-electron chi connectivity index (χ0n) is 12.6. The third-order valence-electron chi connectivity index (χ3n) is 3.66. The second-order valence-corrected chi connectivity index (χ2v) is 6.53. The molecule has 0 saturated heterocycles. The van der Waals surface area contributed by atoms with Crippen LogP contribution in [0.4, 0.5) is 5.13 Å². The number of furan rings is 1. The quantitative estimate of drug-likeness (QED) is 0.795. The second kappa shape index (κ2) is 6.37. The van der Waals surface area contributed by atoms with Gasteiger partial charge in [0.2, 0.25) is 11.8 Å². The lowest BCUT2D eigenvalue weighted by molar-refractivity contribution is -0.117. The predicted molar refractivity (Wildman–Crippen MR) is 87.9 cm³/mol. The van der Waals surface area contributed by atoms with Crippen LogP contribution in [-0.4, -0.2) is 16.8 Å². The molecule has 3 N–H and O–H groups in total. The molecule has 0 bridgehead atoms. The molecule has 6 nitrogen and oxygen atoms in total. The van der Waals surface area contributed by atoms with Crippen LogP contribution in [-0.2, 0) is 16.0 Å². The first-order chi connectivity index (χ1) is 11.0. The van der Waals surface area contributed by atoms with Crippen molar-refractivity contribution in [2.45, 2.75) is 25.7 Å². The average molecular weight is 331 g/mol. The van der Waals surface area contributed by atoms with Crippen molar-refractivity contribution in [1.29, 1.82) is 0 Å². The fraction of sp³-hybridized carbons (Fsp3) is 0.312. The van der Waals surface area contributed by atoms with Gasteiger partial charge in [-0.25, -0.2) is 4.98 Å². The summed E-state index contributed by atoms with van der Waals surface area (Å²) in [6.07, 6.45) is 4.25. The summed E-state index contributed by atoms with van der Waals surface area (Å²) >= 11 is 1.25. The Hall–Kier alpha value is -2.41. The van der Waals surface area contributed by atoms with Crippen LogP contribution >= 0.6 is 11.3 Å². The highest BCUT2D eigenvalue weighted by Gasteiger charge is 2.36. The maximum atomic E-state index is 11.9. The van der Waals surface area contributed by atoms with E-state index in [0.29, 0.717) is 28.4 Å². The van der Waals surface area contributed by atoms with E-state index >= 15 is 0 Å². The maximum Gasteiger partial charge on any atom is 0.250 e. The van der Waals surface area contributed by atoms with Gasteiger partial charge in [0.25, 0.3) is 0 Å². The van der Waals surface area contributed by atoms with Crippen LogP contribution in [0.3, 0.4) is 0 Å². The van der Waals surface area contributed by atoms with E-state index in [1.165, 1.54) is 17.4 Å². The fourth-order valence-corrected chi connectivity index (χ4v) is 3.02. The Morgan fingerprint density at radius 1 is 1.52 bits per heavy atom.